The topological polar surface area (TPSA) is 49.3 Å². The molecular formula is C9H9BrF3NO2S. The Hall–Kier alpha value is -0.600. The van der Waals surface area contributed by atoms with Crippen molar-refractivity contribution in [2.45, 2.75) is 19.2 Å². The fraction of sp³-hybridized carbons (Fsp3) is 0.444. The Morgan fingerprint density at radius 1 is 1.65 bits per heavy atom. The molecule has 1 aromatic rings. The summed E-state index contributed by atoms with van der Waals surface area (Å²) in [6.45, 7) is 0.916. The second-order valence-electron chi connectivity index (χ2n) is 3.33. The highest BCUT2D eigenvalue weighted by atomic mass is 79.9. The minimum absolute atomic E-state index is 0.295. The number of amides is 1. The van der Waals surface area contributed by atoms with Crippen LogP contribution in [0.15, 0.2) is 9.85 Å². The number of alkyl halides is 3. The van der Waals surface area contributed by atoms with E-state index < -0.39 is 24.7 Å². The lowest BCUT2D eigenvalue weighted by Crippen LogP contribution is -2.40. The molecule has 2 N–H and O–H groups in total. The number of aliphatic hydroxyl groups is 1. The highest BCUT2D eigenvalue weighted by Crippen LogP contribution is 2.27. The summed E-state index contributed by atoms with van der Waals surface area (Å²) < 4.78 is 36.6. The van der Waals surface area contributed by atoms with E-state index in [0.29, 0.717) is 4.88 Å². The molecule has 3 nitrogen and oxygen atoms in total. The van der Waals surface area contributed by atoms with Crippen LogP contribution in [0.2, 0.25) is 0 Å². The first-order valence-electron chi connectivity index (χ1n) is 4.50. The van der Waals surface area contributed by atoms with Crippen molar-refractivity contribution in [3.63, 3.8) is 0 Å². The summed E-state index contributed by atoms with van der Waals surface area (Å²) in [5, 5.41) is 10.7. The fourth-order valence-corrected chi connectivity index (χ4v) is 2.42. The number of hydrogen-bond acceptors (Lipinski definition) is 3. The van der Waals surface area contributed by atoms with Crippen LogP contribution in [0.25, 0.3) is 0 Å². The minimum atomic E-state index is -4.72. The van der Waals surface area contributed by atoms with Crippen molar-refractivity contribution in [1.29, 1.82) is 0 Å². The van der Waals surface area contributed by atoms with Gasteiger partial charge in [-0.25, -0.2) is 0 Å². The second kappa shape index (κ2) is 5.36. The molecule has 0 radical (unpaired) electrons. The van der Waals surface area contributed by atoms with E-state index in [1.54, 1.807) is 13.0 Å². The van der Waals surface area contributed by atoms with E-state index in [9.17, 15) is 18.0 Å². The molecule has 0 fully saturated rings. The van der Waals surface area contributed by atoms with Gasteiger partial charge in [-0.3, -0.25) is 4.79 Å². The number of rotatable bonds is 3. The molecule has 0 saturated carbocycles. The molecule has 96 valence electrons. The maximum atomic E-state index is 12.0. The summed E-state index contributed by atoms with van der Waals surface area (Å²) in [5.41, 5.74) is 0.830. The smallest absolute Gasteiger partial charge is 0.382 e. The molecule has 0 aliphatic rings. The third-order valence-corrected chi connectivity index (χ3v) is 4.05. The predicted octanol–water partition coefficient (Wildman–Crippen LogP) is 2.47. The number of carbonyl (C=O) groups is 1. The number of aliphatic hydroxyl groups excluding tert-OH is 1. The standard InChI is InChI=1S/C9H9BrF3NO2S/c1-4-2-5(17-7(4)10)8(16)14-3-6(15)9(11,12)13/h2,6,15H,3H2,1H3,(H,14,16). The number of thiophene rings is 1. The summed E-state index contributed by atoms with van der Waals surface area (Å²) in [7, 11) is 0. The molecule has 1 aromatic heterocycles. The van der Waals surface area contributed by atoms with E-state index in [-0.39, 0.29) is 0 Å². The van der Waals surface area contributed by atoms with E-state index in [2.05, 4.69) is 15.9 Å². The average molecular weight is 332 g/mol. The van der Waals surface area contributed by atoms with Crippen molar-refractivity contribution in [1.82, 2.24) is 5.32 Å². The first kappa shape index (κ1) is 14.5. The van der Waals surface area contributed by atoms with Gasteiger partial charge in [0, 0.05) is 0 Å². The summed E-state index contributed by atoms with van der Waals surface area (Å²) in [4.78, 5) is 11.7. The molecule has 0 aromatic carbocycles. The summed E-state index contributed by atoms with van der Waals surface area (Å²) in [6.07, 6.45) is -7.27. The van der Waals surface area contributed by atoms with E-state index in [1.165, 1.54) is 0 Å². The largest absolute Gasteiger partial charge is 0.416 e. The minimum Gasteiger partial charge on any atom is -0.382 e. The molecule has 1 rings (SSSR count). The lowest BCUT2D eigenvalue weighted by Gasteiger charge is -2.14. The highest BCUT2D eigenvalue weighted by Gasteiger charge is 2.38. The quantitative estimate of drug-likeness (QED) is 0.893. The molecule has 0 bridgehead atoms. The zero-order valence-electron chi connectivity index (χ0n) is 8.64. The molecule has 0 saturated heterocycles. The Morgan fingerprint density at radius 2 is 2.24 bits per heavy atom. The van der Waals surface area contributed by atoms with Crippen LogP contribution in [0.5, 0.6) is 0 Å². The molecule has 1 heterocycles. The van der Waals surface area contributed by atoms with Gasteiger partial charge >= 0.3 is 6.18 Å². The van der Waals surface area contributed by atoms with Gasteiger partial charge in [-0.1, -0.05) is 0 Å². The molecule has 0 aliphatic carbocycles. The Balaban J connectivity index is 2.56. The fourth-order valence-electron chi connectivity index (χ4n) is 0.964. The van der Waals surface area contributed by atoms with Crippen LogP contribution in [0, 0.1) is 6.92 Å². The molecule has 8 heteroatoms. The van der Waals surface area contributed by atoms with Crippen molar-refractivity contribution in [3.05, 3.63) is 20.3 Å². The zero-order chi connectivity index (χ0) is 13.2. The molecule has 0 aliphatic heterocycles. The molecule has 1 unspecified atom stereocenters. The van der Waals surface area contributed by atoms with Gasteiger partial charge in [-0.15, -0.1) is 11.3 Å². The Labute approximate surface area is 108 Å². The zero-order valence-corrected chi connectivity index (χ0v) is 11.0. The third-order valence-electron chi connectivity index (χ3n) is 1.91. The Kier molecular flexibility index (Phi) is 4.56. The van der Waals surface area contributed by atoms with E-state index in [4.69, 9.17) is 5.11 Å². The molecule has 1 amide bonds. The van der Waals surface area contributed by atoms with Crippen LogP contribution in [-0.2, 0) is 0 Å². The van der Waals surface area contributed by atoms with Gasteiger partial charge in [0.1, 0.15) is 0 Å². The normalized spacial score (nSPS) is 13.5. The average Bonchev–Trinajstić information content (AvgIpc) is 2.54. The highest BCUT2D eigenvalue weighted by molar-refractivity contribution is 9.11. The first-order valence-corrected chi connectivity index (χ1v) is 6.11. The van der Waals surface area contributed by atoms with E-state index in [1.807, 2.05) is 5.32 Å². The monoisotopic (exact) mass is 331 g/mol. The molecule has 17 heavy (non-hydrogen) atoms. The Morgan fingerprint density at radius 3 is 2.65 bits per heavy atom. The number of carbonyl (C=O) groups excluding carboxylic acids is 1. The van der Waals surface area contributed by atoms with Crippen LogP contribution in [0.1, 0.15) is 15.2 Å². The van der Waals surface area contributed by atoms with Crippen LogP contribution in [0.3, 0.4) is 0 Å². The number of nitrogens with one attached hydrogen (secondary N) is 1. The van der Waals surface area contributed by atoms with Crippen molar-refractivity contribution < 1.29 is 23.1 Å². The SMILES string of the molecule is Cc1cc(C(=O)NCC(O)C(F)(F)F)sc1Br. The summed E-state index contributed by atoms with van der Waals surface area (Å²) in [5.74, 6) is -0.632. The second-order valence-corrected chi connectivity index (χ2v) is 5.70. The van der Waals surface area contributed by atoms with Gasteiger partial charge in [0.05, 0.1) is 15.2 Å². The summed E-state index contributed by atoms with van der Waals surface area (Å²) >= 11 is 4.33. The number of hydrogen-bond donors (Lipinski definition) is 2. The van der Waals surface area contributed by atoms with E-state index >= 15 is 0 Å². The lowest BCUT2D eigenvalue weighted by molar-refractivity contribution is -0.201. The van der Waals surface area contributed by atoms with Crippen molar-refractivity contribution in [3.8, 4) is 0 Å². The number of aryl methyl sites for hydroxylation is 1. The van der Waals surface area contributed by atoms with Crippen molar-refractivity contribution in [2.75, 3.05) is 6.54 Å². The molecule has 0 spiro atoms. The van der Waals surface area contributed by atoms with Gasteiger partial charge in [0.25, 0.3) is 5.91 Å². The van der Waals surface area contributed by atoms with Gasteiger partial charge in [0.15, 0.2) is 6.10 Å². The summed E-state index contributed by atoms with van der Waals surface area (Å²) in [6, 6.07) is 1.56. The molecular weight excluding hydrogens is 323 g/mol. The van der Waals surface area contributed by atoms with Gasteiger partial charge < -0.3 is 10.4 Å². The Bertz CT molecular complexity index is 399. The first-order chi connectivity index (χ1) is 7.71. The number of halogens is 4. The van der Waals surface area contributed by atoms with Crippen LogP contribution in [-0.4, -0.2) is 29.8 Å². The van der Waals surface area contributed by atoms with Crippen LogP contribution in [0.4, 0.5) is 13.2 Å². The maximum Gasteiger partial charge on any atom is 0.416 e. The van der Waals surface area contributed by atoms with Crippen molar-refractivity contribution in [2.24, 2.45) is 0 Å². The van der Waals surface area contributed by atoms with E-state index in [0.717, 1.165) is 20.7 Å². The molecule has 1 atom stereocenters. The maximum absolute atomic E-state index is 12.0. The van der Waals surface area contributed by atoms with Gasteiger partial charge in [-0.05, 0) is 34.5 Å². The van der Waals surface area contributed by atoms with Crippen LogP contribution < -0.4 is 5.32 Å². The third kappa shape index (κ3) is 3.97. The lowest BCUT2D eigenvalue weighted by atomic mass is 10.3. The van der Waals surface area contributed by atoms with Gasteiger partial charge in [-0.2, -0.15) is 13.2 Å². The van der Waals surface area contributed by atoms with Crippen LogP contribution >= 0.6 is 27.3 Å². The van der Waals surface area contributed by atoms with Gasteiger partial charge in [0.2, 0.25) is 0 Å². The van der Waals surface area contributed by atoms with Crippen molar-refractivity contribution >= 4 is 33.2 Å². The predicted molar refractivity (Wildman–Crippen MR) is 61.2 cm³/mol.